The summed E-state index contributed by atoms with van der Waals surface area (Å²) in [6, 6.07) is 3.82. The largest absolute Gasteiger partial charge is 0.492 e. The molecule has 0 fully saturated rings. The lowest BCUT2D eigenvalue weighted by atomic mass is 9.99. The lowest BCUT2D eigenvalue weighted by Crippen LogP contribution is -2.45. The summed E-state index contributed by atoms with van der Waals surface area (Å²) >= 11 is 0. The first-order valence-electron chi connectivity index (χ1n) is 7.09. The summed E-state index contributed by atoms with van der Waals surface area (Å²) < 4.78 is 42.4. The van der Waals surface area contributed by atoms with E-state index in [1.54, 1.807) is 0 Å². The van der Waals surface area contributed by atoms with Crippen molar-refractivity contribution in [1.82, 2.24) is 5.32 Å². The second kappa shape index (κ2) is 9.62. The molecule has 1 aromatic rings. The molecule has 0 bridgehead atoms. The van der Waals surface area contributed by atoms with E-state index in [9.17, 15) is 18.0 Å². The molecule has 0 radical (unpaired) electrons. The molecule has 1 rings (SSSR count). The van der Waals surface area contributed by atoms with E-state index < -0.39 is 17.8 Å². The van der Waals surface area contributed by atoms with E-state index in [2.05, 4.69) is 5.32 Å². The Morgan fingerprint density at radius 2 is 1.87 bits per heavy atom. The average molecular weight is 355 g/mol. The molecule has 0 aliphatic rings. The summed E-state index contributed by atoms with van der Waals surface area (Å²) in [4.78, 5) is 11.7. The van der Waals surface area contributed by atoms with Crippen LogP contribution in [0.4, 0.5) is 13.2 Å². The second-order valence-electron chi connectivity index (χ2n) is 5.07. The highest BCUT2D eigenvalue weighted by Crippen LogP contribution is 2.30. The van der Waals surface area contributed by atoms with Crippen LogP contribution in [0.5, 0.6) is 5.75 Å². The highest BCUT2D eigenvalue weighted by atomic mass is 35.5. The van der Waals surface area contributed by atoms with Gasteiger partial charge in [0.1, 0.15) is 12.4 Å². The quantitative estimate of drug-likeness (QED) is 0.740. The summed E-state index contributed by atoms with van der Waals surface area (Å²) in [6.45, 7) is 4.24. The fourth-order valence-corrected chi connectivity index (χ4v) is 1.71. The Kier molecular flexibility index (Phi) is 9.01. The first kappa shape index (κ1) is 21.5. The Bertz CT molecular complexity index is 481. The SMILES string of the molecule is CCC(C)C(N)C(=O)NCCOc1ccc(C(F)(F)F)cc1.Cl. The van der Waals surface area contributed by atoms with Crippen LogP contribution in [-0.4, -0.2) is 25.1 Å². The van der Waals surface area contributed by atoms with Gasteiger partial charge in [-0.25, -0.2) is 0 Å². The zero-order chi connectivity index (χ0) is 16.8. The minimum atomic E-state index is -4.36. The number of benzene rings is 1. The first-order valence-corrected chi connectivity index (χ1v) is 7.09. The summed E-state index contributed by atoms with van der Waals surface area (Å²) in [5.74, 6) is 0.134. The number of hydrogen-bond acceptors (Lipinski definition) is 3. The maximum atomic E-state index is 12.4. The van der Waals surface area contributed by atoms with Crippen LogP contribution in [0.2, 0.25) is 0 Å². The Labute approximate surface area is 140 Å². The van der Waals surface area contributed by atoms with Gasteiger partial charge in [0, 0.05) is 0 Å². The number of amides is 1. The third-order valence-corrected chi connectivity index (χ3v) is 3.41. The van der Waals surface area contributed by atoms with Gasteiger partial charge in [0.2, 0.25) is 5.91 Å². The number of carbonyl (C=O) groups is 1. The normalized spacial score (nSPS) is 13.7. The Morgan fingerprint density at radius 1 is 1.30 bits per heavy atom. The molecule has 0 aromatic heterocycles. The Morgan fingerprint density at radius 3 is 2.35 bits per heavy atom. The van der Waals surface area contributed by atoms with Crippen LogP contribution >= 0.6 is 12.4 Å². The Hall–Kier alpha value is -1.47. The van der Waals surface area contributed by atoms with Crippen molar-refractivity contribution in [3.05, 3.63) is 29.8 Å². The molecule has 3 N–H and O–H groups in total. The van der Waals surface area contributed by atoms with Crippen LogP contribution in [-0.2, 0) is 11.0 Å². The van der Waals surface area contributed by atoms with Crippen molar-refractivity contribution < 1.29 is 22.7 Å². The molecule has 2 atom stereocenters. The van der Waals surface area contributed by atoms with Crippen LogP contribution in [0.25, 0.3) is 0 Å². The molecule has 0 saturated heterocycles. The van der Waals surface area contributed by atoms with Gasteiger partial charge >= 0.3 is 6.18 Å². The van der Waals surface area contributed by atoms with Gasteiger partial charge in [-0.15, -0.1) is 12.4 Å². The minimum Gasteiger partial charge on any atom is -0.492 e. The monoisotopic (exact) mass is 354 g/mol. The predicted molar refractivity (Wildman–Crippen MR) is 84.6 cm³/mol. The van der Waals surface area contributed by atoms with E-state index in [1.165, 1.54) is 12.1 Å². The van der Waals surface area contributed by atoms with Crippen molar-refractivity contribution in [2.24, 2.45) is 11.7 Å². The molecule has 0 aliphatic carbocycles. The fourth-order valence-electron chi connectivity index (χ4n) is 1.71. The van der Waals surface area contributed by atoms with Crippen molar-refractivity contribution in [2.45, 2.75) is 32.5 Å². The topological polar surface area (TPSA) is 64.4 Å². The minimum absolute atomic E-state index is 0. The third kappa shape index (κ3) is 7.09. The van der Waals surface area contributed by atoms with Gasteiger partial charge in [0.15, 0.2) is 0 Å². The smallest absolute Gasteiger partial charge is 0.416 e. The van der Waals surface area contributed by atoms with E-state index in [-0.39, 0.29) is 37.4 Å². The Balaban J connectivity index is 0.00000484. The average Bonchev–Trinajstić information content (AvgIpc) is 2.49. The van der Waals surface area contributed by atoms with Gasteiger partial charge in [0.25, 0.3) is 0 Å². The summed E-state index contributed by atoms with van der Waals surface area (Å²) in [5.41, 5.74) is 5.03. The van der Waals surface area contributed by atoms with Gasteiger partial charge in [0.05, 0.1) is 18.2 Å². The molecule has 23 heavy (non-hydrogen) atoms. The van der Waals surface area contributed by atoms with E-state index >= 15 is 0 Å². The van der Waals surface area contributed by atoms with E-state index in [1.807, 2.05) is 13.8 Å². The van der Waals surface area contributed by atoms with E-state index in [4.69, 9.17) is 10.5 Å². The number of hydrogen-bond donors (Lipinski definition) is 2. The lowest BCUT2D eigenvalue weighted by Gasteiger charge is -2.17. The molecule has 0 aliphatic heterocycles. The van der Waals surface area contributed by atoms with Crippen molar-refractivity contribution in [3.63, 3.8) is 0 Å². The summed E-state index contributed by atoms with van der Waals surface area (Å²) in [5, 5.41) is 2.63. The third-order valence-electron chi connectivity index (χ3n) is 3.41. The number of rotatable bonds is 7. The van der Waals surface area contributed by atoms with Gasteiger partial charge in [-0.05, 0) is 30.2 Å². The fraction of sp³-hybridized carbons (Fsp3) is 0.533. The molecule has 2 unspecified atom stereocenters. The zero-order valence-electron chi connectivity index (χ0n) is 13.0. The number of alkyl halides is 3. The van der Waals surface area contributed by atoms with Crippen molar-refractivity contribution >= 4 is 18.3 Å². The molecule has 4 nitrogen and oxygen atoms in total. The van der Waals surface area contributed by atoms with Crippen LogP contribution in [0, 0.1) is 5.92 Å². The van der Waals surface area contributed by atoms with E-state index in [0.717, 1.165) is 18.6 Å². The number of nitrogens with one attached hydrogen (secondary N) is 1. The van der Waals surface area contributed by atoms with Gasteiger partial charge in [-0.1, -0.05) is 20.3 Å². The number of halogens is 4. The lowest BCUT2D eigenvalue weighted by molar-refractivity contribution is -0.137. The van der Waals surface area contributed by atoms with Crippen molar-refractivity contribution in [2.75, 3.05) is 13.2 Å². The molecule has 0 spiro atoms. The molecule has 0 heterocycles. The highest BCUT2D eigenvalue weighted by molar-refractivity contribution is 5.85. The molecule has 0 saturated carbocycles. The standard InChI is InChI=1S/C15H21F3N2O2.ClH/c1-3-10(2)13(19)14(21)20-8-9-22-12-6-4-11(5-7-12)15(16,17)18;/h4-7,10,13H,3,8-9,19H2,1-2H3,(H,20,21);1H. The van der Waals surface area contributed by atoms with Crippen molar-refractivity contribution in [1.29, 1.82) is 0 Å². The van der Waals surface area contributed by atoms with Crippen LogP contribution < -0.4 is 15.8 Å². The molecular weight excluding hydrogens is 333 g/mol. The molecular formula is C15H22ClF3N2O2. The van der Waals surface area contributed by atoms with Crippen LogP contribution in [0.1, 0.15) is 25.8 Å². The summed E-state index contributed by atoms with van der Waals surface area (Å²) in [7, 11) is 0. The van der Waals surface area contributed by atoms with Crippen LogP contribution in [0.3, 0.4) is 0 Å². The maximum Gasteiger partial charge on any atom is 0.416 e. The van der Waals surface area contributed by atoms with E-state index in [0.29, 0.717) is 5.75 Å². The van der Waals surface area contributed by atoms with Crippen molar-refractivity contribution in [3.8, 4) is 5.75 Å². The first-order chi connectivity index (χ1) is 10.3. The maximum absolute atomic E-state index is 12.4. The zero-order valence-corrected chi connectivity index (χ0v) is 13.8. The number of ether oxygens (including phenoxy) is 1. The molecule has 1 aromatic carbocycles. The summed E-state index contributed by atoms with van der Waals surface area (Å²) in [6.07, 6.45) is -3.56. The van der Waals surface area contributed by atoms with Crippen LogP contribution in [0.15, 0.2) is 24.3 Å². The predicted octanol–water partition coefficient (Wildman–Crippen LogP) is 3.00. The molecule has 132 valence electrons. The molecule has 8 heteroatoms. The number of nitrogens with two attached hydrogens (primary N) is 1. The van der Waals surface area contributed by atoms with Gasteiger partial charge < -0.3 is 15.8 Å². The van der Waals surface area contributed by atoms with Gasteiger partial charge in [-0.2, -0.15) is 13.2 Å². The highest BCUT2D eigenvalue weighted by Gasteiger charge is 2.30. The van der Waals surface area contributed by atoms with Gasteiger partial charge in [-0.3, -0.25) is 4.79 Å². The number of carbonyl (C=O) groups excluding carboxylic acids is 1. The molecule has 1 amide bonds. The second-order valence-corrected chi connectivity index (χ2v) is 5.07.